The topological polar surface area (TPSA) is 55.8 Å². The Morgan fingerprint density at radius 1 is 0.793 bits per heavy atom. The highest BCUT2D eigenvalue weighted by molar-refractivity contribution is 7.92. The molecule has 5 nitrogen and oxygen atoms in total. The van der Waals surface area contributed by atoms with Gasteiger partial charge in [0.05, 0.1) is 31.3 Å². The lowest BCUT2D eigenvalue weighted by molar-refractivity contribution is 0.355. The Balaban J connectivity index is 2.10. The molecule has 0 saturated carbocycles. The highest BCUT2D eigenvalue weighted by Gasteiger charge is 2.26. The van der Waals surface area contributed by atoms with Gasteiger partial charge in [0.1, 0.15) is 11.6 Å². The van der Waals surface area contributed by atoms with E-state index in [9.17, 15) is 17.2 Å². The first-order chi connectivity index (χ1) is 13.8. The molecule has 3 rings (SSSR count). The van der Waals surface area contributed by atoms with Crippen LogP contribution in [0.15, 0.2) is 71.6 Å². The molecule has 0 spiro atoms. The zero-order chi connectivity index (χ0) is 21.0. The minimum atomic E-state index is -4.05. The van der Waals surface area contributed by atoms with Gasteiger partial charge in [-0.05, 0) is 54.1 Å². The van der Waals surface area contributed by atoms with Crippen molar-refractivity contribution in [2.75, 3.05) is 18.5 Å². The number of ether oxygens (including phenoxy) is 2. The molecule has 0 aromatic heterocycles. The molecule has 0 atom stereocenters. The third-order valence-electron chi connectivity index (χ3n) is 4.30. The normalized spacial score (nSPS) is 11.2. The Kier molecular flexibility index (Phi) is 6.03. The summed E-state index contributed by atoms with van der Waals surface area (Å²) in [7, 11) is -1.13. The predicted octanol–water partition coefficient (Wildman–Crippen LogP) is 4.38. The second kappa shape index (κ2) is 8.48. The summed E-state index contributed by atoms with van der Waals surface area (Å²) < 4.78 is 64.9. The molecule has 152 valence electrons. The smallest absolute Gasteiger partial charge is 0.264 e. The first-order valence-corrected chi connectivity index (χ1v) is 10.0. The number of nitrogens with zero attached hydrogens (tertiary/aromatic N) is 1. The lowest BCUT2D eigenvalue weighted by Gasteiger charge is -2.25. The molecular formula is C21H19F2NO4S. The molecule has 3 aromatic carbocycles. The SMILES string of the molecule is COc1ccc(N(Cc2ccc(F)cc2)S(=O)(=O)c2ccc(F)cc2)cc1OC. The second-order valence-electron chi connectivity index (χ2n) is 6.13. The zero-order valence-electron chi connectivity index (χ0n) is 15.8. The van der Waals surface area contributed by atoms with Crippen molar-refractivity contribution in [2.24, 2.45) is 0 Å². The van der Waals surface area contributed by atoms with E-state index in [-0.39, 0.29) is 11.4 Å². The van der Waals surface area contributed by atoms with Crippen LogP contribution in [0.4, 0.5) is 14.5 Å². The summed E-state index contributed by atoms with van der Waals surface area (Å²) in [6.07, 6.45) is 0. The van der Waals surface area contributed by atoms with Crippen molar-refractivity contribution in [2.45, 2.75) is 11.4 Å². The molecular weight excluding hydrogens is 400 g/mol. The molecule has 0 aliphatic carbocycles. The molecule has 0 bridgehead atoms. The Hall–Kier alpha value is -3.13. The third kappa shape index (κ3) is 4.48. The van der Waals surface area contributed by atoms with E-state index in [0.717, 1.165) is 16.4 Å². The van der Waals surface area contributed by atoms with Gasteiger partial charge in [-0.1, -0.05) is 12.1 Å². The molecule has 0 fully saturated rings. The van der Waals surface area contributed by atoms with E-state index in [2.05, 4.69) is 0 Å². The average molecular weight is 419 g/mol. The number of hydrogen-bond acceptors (Lipinski definition) is 4. The van der Waals surface area contributed by atoms with Gasteiger partial charge in [0.25, 0.3) is 10.0 Å². The van der Waals surface area contributed by atoms with Crippen LogP contribution in [0, 0.1) is 11.6 Å². The van der Waals surface area contributed by atoms with Crippen LogP contribution in [0.5, 0.6) is 11.5 Å². The van der Waals surface area contributed by atoms with Crippen molar-refractivity contribution in [1.82, 2.24) is 0 Å². The van der Waals surface area contributed by atoms with Crippen LogP contribution in [-0.2, 0) is 16.6 Å². The maximum absolute atomic E-state index is 13.3. The number of rotatable bonds is 7. The van der Waals surface area contributed by atoms with Crippen molar-refractivity contribution < 1.29 is 26.7 Å². The van der Waals surface area contributed by atoms with E-state index in [1.807, 2.05) is 0 Å². The molecule has 0 aliphatic rings. The fourth-order valence-electron chi connectivity index (χ4n) is 2.78. The minimum absolute atomic E-state index is 0.0600. The quantitative estimate of drug-likeness (QED) is 0.570. The van der Waals surface area contributed by atoms with Crippen molar-refractivity contribution in [3.05, 3.63) is 83.9 Å². The lowest BCUT2D eigenvalue weighted by Crippen LogP contribution is -2.30. The minimum Gasteiger partial charge on any atom is -0.493 e. The standard InChI is InChI=1S/C21H19F2NO4S/c1-27-20-12-9-18(13-21(20)28-2)24(14-15-3-5-16(22)6-4-15)29(25,26)19-10-7-17(23)8-11-19/h3-13H,14H2,1-2H3. The van der Waals surface area contributed by atoms with Gasteiger partial charge in [0, 0.05) is 6.07 Å². The van der Waals surface area contributed by atoms with Crippen molar-refractivity contribution in [3.8, 4) is 11.5 Å². The molecule has 0 N–H and O–H groups in total. The monoisotopic (exact) mass is 419 g/mol. The van der Waals surface area contributed by atoms with Gasteiger partial charge in [-0.15, -0.1) is 0 Å². The molecule has 3 aromatic rings. The Bertz CT molecular complexity index is 1080. The van der Waals surface area contributed by atoms with E-state index in [1.54, 1.807) is 12.1 Å². The van der Waals surface area contributed by atoms with Crippen molar-refractivity contribution in [3.63, 3.8) is 0 Å². The van der Waals surface area contributed by atoms with Gasteiger partial charge in [0.2, 0.25) is 0 Å². The van der Waals surface area contributed by atoms with Crippen LogP contribution in [-0.4, -0.2) is 22.6 Å². The second-order valence-corrected chi connectivity index (χ2v) is 7.99. The summed E-state index contributed by atoms with van der Waals surface area (Å²) in [5.74, 6) is -0.173. The lowest BCUT2D eigenvalue weighted by atomic mass is 10.2. The number of anilines is 1. The maximum Gasteiger partial charge on any atom is 0.264 e. The number of sulfonamides is 1. The fraction of sp³-hybridized carbons (Fsp3) is 0.143. The Labute approximate surface area is 168 Å². The molecule has 0 unspecified atom stereocenters. The van der Waals surface area contributed by atoms with Crippen LogP contribution in [0.3, 0.4) is 0 Å². The van der Waals surface area contributed by atoms with Gasteiger partial charge >= 0.3 is 0 Å². The zero-order valence-corrected chi connectivity index (χ0v) is 16.6. The summed E-state index contributed by atoms with van der Waals surface area (Å²) >= 11 is 0. The van der Waals surface area contributed by atoms with Gasteiger partial charge in [-0.25, -0.2) is 17.2 Å². The van der Waals surface area contributed by atoms with Crippen LogP contribution in [0.25, 0.3) is 0 Å². The van der Waals surface area contributed by atoms with Crippen LogP contribution in [0.1, 0.15) is 5.56 Å². The van der Waals surface area contributed by atoms with Crippen LogP contribution >= 0.6 is 0 Å². The fourth-order valence-corrected chi connectivity index (χ4v) is 4.23. The van der Waals surface area contributed by atoms with Gasteiger partial charge in [-0.3, -0.25) is 4.31 Å². The summed E-state index contributed by atoms with van der Waals surface area (Å²) in [4.78, 5) is -0.0733. The number of benzene rings is 3. The number of halogens is 2. The van der Waals surface area contributed by atoms with Crippen LogP contribution < -0.4 is 13.8 Å². The largest absolute Gasteiger partial charge is 0.493 e. The van der Waals surface area contributed by atoms with Crippen LogP contribution in [0.2, 0.25) is 0 Å². The first kappa shape index (κ1) is 20.6. The molecule has 8 heteroatoms. The summed E-state index contributed by atoms with van der Waals surface area (Å²) in [6, 6.07) is 14.8. The van der Waals surface area contributed by atoms with E-state index < -0.39 is 21.7 Å². The highest BCUT2D eigenvalue weighted by atomic mass is 32.2. The summed E-state index contributed by atoms with van der Waals surface area (Å²) in [6.45, 7) is -0.0600. The molecule has 29 heavy (non-hydrogen) atoms. The number of hydrogen-bond donors (Lipinski definition) is 0. The van der Waals surface area contributed by atoms with Gasteiger partial charge in [0.15, 0.2) is 11.5 Å². The average Bonchev–Trinajstić information content (AvgIpc) is 2.73. The van der Waals surface area contributed by atoms with E-state index >= 15 is 0 Å². The molecule has 0 aliphatic heterocycles. The van der Waals surface area contributed by atoms with E-state index in [0.29, 0.717) is 22.7 Å². The number of methoxy groups -OCH3 is 2. The van der Waals surface area contributed by atoms with Gasteiger partial charge < -0.3 is 9.47 Å². The Morgan fingerprint density at radius 3 is 1.90 bits per heavy atom. The van der Waals surface area contributed by atoms with Crippen molar-refractivity contribution in [1.29, 1.82) is 0 Å². The highest BCUT2D eigenvalue weighted by Crippen LogP contribution is 2.34. The predicted molar refractivity (Wildman–Crippen MR) is 106 cm³/mol. The van der Waals surface area contributed by atoms with Gasteiger partial charge in [-0.2, -0.15) is 0 Å². The summed E-state index contributed by atoms with van der Waals surface area (Å²) in [5.41, 5.74) is 0.892. The van der Waals surface area contributed by atoms with E-state index in [4.69, 9.17) is 9.47 Å². The molecule has 0 heterocycles. The Morgan fingerprint density at radius 2 is 1.34 bits per heavy atom. The summed E-state index contributed by atoms with van der Waals surface area (Å²) in [5, 5.41) is 0. The molecule has 0 amide bonds. The maximum atomic E-state index is 13.3. The molecule has 0 radical (unpaired) electrons. The third-order valence-corrected chi connectivity index (χ3v) is 6.08. The molecule has 0 saturated heterocycles. The van der Waals surface area contributed by atoms with Crippen molar-refractivity contribution >= 4 is 15.7 Å². The van der Waals surface area contributed by atoms with E-state index in [1.165, 1.54) is 56.7 Å². The first-order valence-electron chi connectivity index (χ1n) is 8.60.